The van der Waals surface area contributed by atoms with Crippen LogP contribution in [0.4, 0.5) is 24.5 Å². The average molecular weight is 399 g/mol. The highest BCUT2D eigenvalue weighted by atomic mass is 32.2. The lowest BCUT2D eigenvalue weighted by Gasteiger charge is -2.23. The van der Waals surface area contributed by atoms with Gasteiger partial charge in [0.25, 0.3) is 0 Å². The van der Waals surface area contributed by atoms with Crippen molar-refractivity contribution in [2.24, 2.45) is 0 Å². The van der Waals surface area contributed by atoms with Crippen molar-refractivity contribution >= 4 is 29.0 Å². The van der Waals surface area contributed by atoms with E-state index in [0.717, 1.165) is 38.1 Å². The third-order valence-electron chi connectivity index (χ3n) is 4.30. The SMILES string of the molecule is CCn1cnnc1SCC(=O)Nc1cc(C(F)(F)F)ccc1N1CCCC1. The van der Waals surface area contributed by atoms with Crippen LogP contribution in [0, 0.1) is 0 Å². The fourth-order valence-electron chi connectivity index (χ4n) is 2.94. The Balaban J connectivity index is 1.75. The van der Waals surface area contributed by atoms with Gasteiger partial charge in [0.1, 0.15) is 6.33 Å². The number of alkyl halides is 3. The van der Waals surface area contributed by atoms with Gasteiger partial charge in [0.2, 0.25) is 5.91 Å². The summed E-state index contributed by atoms with van der Waals surface area (Å²) in [4.78, 5) is 14.3. The topological polar surface area (TPSA) is 63.1 Å². The summed E-state index contributed by atoms with van der Waals surface area (Å²) in [5.41, 5.74) is 0.0315. The van der Waals surface area contributed by atoms with Gasteiger partial charge in [0.05, 0.1) is 22.7 Å². The lowest BCUT2D eigenvalue weighted by atomic mass is 10.1. The number of halogens is 3. The molecule has 1 fully saturated rings. The van der Waals surface area contributed by atoms with Crippen LogP contribution in [0.1, 0.15) is 25.3 Å². The minimum absolute atomic E-state index is 0.0361. The molecule has 10 heteroatoms. The first kappa shape index (κ1) is 19.5. The van der Waals surface area contributed by atoms with E-state index < -0.39 is 11.7 Å². The number of hydrogen-bond donors (Lipinski definition) is 1. The van der Waals surface area contributed by atoms with Crippen LogP contribution in [-0.2, 0) is 17.5 Å². The number of aryl methyl sites for hydroxylation is 1. The molecule has 0 radical (unpaired) electrons. The number of hydrogen-bond acceptors (Lipinski definition) is 5. The van der Waals surface area contributed by atoms with Crippen molar-refractivity contribution in [3.8, 4) is 0 Å². The molecule has 0 atom stereocenters. The highest BCUT2D eigenvalue weighted by Gasteiger charge is 2.32. The summed E-state index contributed by atoms with van der Waals surface area (Å²) < 4.78 is 41.0. The van der Waals surface area contributed by atoms with Gasteiger partial charge >= 0.3 is 6.18 Å². The van der Waals surface area contributed by atoms with E-state index in [0.29, 0.717) is 17.4 Å². The van der Waals surface area contributed by atoms with Crippen LogP contribution in [0.5, 0.6) is 0 Å². The van der Waals surface area contributed by atoms with Crippen LogP contribution in [0.2, 0.25) is 0 Å². The predicted octanol–water partition coefficient (Wildman–Crippen LogP) is 3.65. The van der Waals surface area contributed by atoms with E-state index in [-0.39, 0.29) is 17.3 Å². The van der Waals surface area contributed by atoms with E-state index in [1.807, 2.05) is 11.8 Å². The van der Waals surface area contributed by atoms with Crippen molar-refractivity contribution < 1.29 is 18.0 Å². The van der Waals surface area contributed by atoms with E-state index >= 15 is 0 Å². The minimum atomic E-state index is -4.46. The van der Waals surface area contributed by atoms with E-state index in [1.165, 1.54) is 17.8 Å². The number of anilines is 2. The van der Waals surface area contributed by atoms with Gasteiger partial charge in [0.15, 0.2) is 5.16 Å². The zero-order chi connectivity index (χ0) is 19.4. The van der Waals surface area contributed by atoms with E-state index in [9.17, 15) is 18.0 Å². The van der Waals surface area contributed by atoms with Gasteiger partial charge in [-0.05, 0) is 38.0 Å². The van der Waals surface area contributed by atoms with Gasteiger partial charge in [-0.1, -0.05) is 11.8 Å². The van der Waals surface area contributed by atoms with E-state index in [1.54, 1.807) is 10.9 Å². The van der Waals surface area contributed by atoms with Gasteiger partial charge in [-0.15, -0.1) is 10.2 Å². The van der Waals surface area contributed by atoms with Crippen molar-refractivity contribution in [1.29, 1.82) is 0 Å². The molecule has 1 amide bonds. The molecule has 1 aliphatic heterocycles. The number of nitrogens with zero attached hydrogens (tertiary/aromatic N) is 4. The Hall–Kier alpha value is -2.23. The number of carbonyl (C=O) groups is 1. The summed E-state index contributed by atoms with van der Waals surface area (Å²) in [6, 6.07) is 3.50. The molecule has 6 nitrogen and oxygen atoms in total. The number of nitrogens with one attached hydrogen (secondary N) is 1. The van der Waals surface area contributed by atoms with Gasteiger partial charge < -0.3 is 14.8 Å². The van der Waals surface area contributed by atoms with E-state index in [2.05, 4.69) is 15.5 Å². The largest absolute Gasteiger partial charge is 0.416 e. The number of aromatic nitrogens is 3. The molecule has 0 spiro atoms. The standard InChI is InChI=1S/C17H20F3N5OS/c1-2-24-11-21-23-16(24)27-10-15(26)22-13-9-12(17(18,19)20)5-6-14(13)25-7-3-4-8-25/h5-6,9,11H,2-4,7-8,10H2,1H3,(H,22,26). The molecule has 0 aliphatic carbocycles. The molecule has 1 aromatic carbocycles. The molecule has 1 aliphatic rings. The van der Waals surface area contributed by atoms with Crippen LogP contribution in [0.3, 0.4) is 0 Å². The molecule has 0 bridgehead atoms. The average Bonchev–Trinajstić information content (AvgIpc) is 3.30. The summed E-state index contributed by atoms with van der Waals surface area (Å²) in [5.74, 6) is -0.348. The van der Waals surface area contributed by atoms with Crippen LogP contribution >= 0.6 is 11.8 Å². The summed E-state index contributed by atoms with van der Waals surface area (Å²) in [5, 5.41) is 11.0. The monoisotopic (exact) mass is 399 g/mol. The highest BCUT2D eigenvalue weighted by molar-refractivity contribution is 7.99. The van der Waals surface area contributed by atoms with Crippen molar-refractivity contribution in [2.75, 3.05) is 29.1 Å². The molecule has 0 saturated carbocycles. The molecule has 3 rings (SSSR count). The van der Waals surface area contributed by atoms with Gasteiger partial charge in [-0.25, -0.2) is 0 Å². The van der Waals surface area contributed by atoms with Crippen molar-refractivity contribution in [2.45, 2.75) is 37.6 Å². The zero-order valence-electron chi connectivity index (χ0n) is 14.8. The number of thioether (sulfide) groups is 1. The first-order valence-corrected chi connectivity index (χ1v) is 9.63. The first-order valence-electron chi connectivity index (χ1n) is 8.65. The molecule has 27 heavy (non-hydrogen) atoms. The number of benzene rings is 1. The lowest BCUT2D eigenvalue weighted by Crippen LogP contribution is -2.22. The molecule has 1 N–H and O–H groups in total. The minimum Gasteiger partial charge on any atom is -0.370 e. The van der Waals surface area contributed by atoms with Gasteiger partial charge in [-0.2, -0.15) is 13.2 Å². The van der Waals surface area contributed by atoms with Crippen LogP contribution in [0.15, 0.2) is 29.7 Å². The lowest BCUT2D eigenvalue weighted by molar-refractivity contribution is -0.137. The molecular formula is C17H20F3N5OS. The van der Waals surface area contributed by atoms with Crippen LogP contribution < -0.4 is 10.2 Å². The number of rotatable bonds is 6. The Bertz CT molecular complexity index is 802. The molecule has 2 aromatic rings. The smallest absolute Gasteiger partial charge is 0.370 e. The third-order valence-corrected chi connectivity index (χ3v) is 5.28. The van der Waals surface area contributed by atoms with Crippen LogP contribution in [-0.4, -0.2) is 39.5 Å². The van der Waals surface area contributed by atoms with Crippen molar-refractivity contribution in [3.63, 3.8) is 0 Å². The van der Waals surface area contributed by atoms with E-state index in [4.69, 9.17) is 0 Å². The summed E-state index contributed by atoms with van der Waals surface area (Å²) in [6.07, 6.45) is -0.929. The van der Waals surface area contributed by atoms with Crippen molar-refractivity contribution in [1.82, 2.24) is 14.8 Å². The molecule has 0 unspecified atom stereocenters. The molecule has 1 saturated heterocycles. The fraction of sp³-hybridized carbons (Fsp3) is 0.471. The zero-order valence-corrected chi connectivity index (χ0v) is 15.6. The van der Waals surface area contributed by atoms with Crippen molar-refractivity contribution in [3.05, 3.63) is 30.1 Å². The molecule has 146 valence electrons. The second kappa shape index (κ2) is 8.20. The predicted molar refractivity (Wildman–Crippen MR) is 97.9 cm³/mol. The summed E-state index contributed by atoms with van der Waals surface area (Å²) in [7, 11) is 0. The Morgan fingerprint density at radius 1 is 1.30 bits per heavy atom. The molecular weight excluding hydrogens is 379 g/mol. The maximum atomic E-state index is 13.1. The Labute approximate surface area is 159 Å². The quantitative estimate of drug-likeness (QED) is 0.752. The second-order valence-electron chi connectivity index (χ2n) is 6.16. The summed E-state index contributed by atoms with van der Waals surface area (Å²) in [6.45, 7) is 4.13. The normalized spacial score (nSPS) is 14.6. The first-order chi connectivity index (χ1) is 12.9. The molecule has 1 aromatic heterocycles. The Morgan fingerprint density at radius 3 is 2.70 bits per heavy atom. The van der Waals surface area contributed by atoms with Gasteiger partial charge in [0, 0.05) is 19.6 Å². The van der Waals surface area contributed by atoms with Gasteiger partial charge in [-0.3, -0.25) is 4.79 Å². The fourth-order valence-corrected chi connectivity index (χ4v) is 3.72. The number of amides is 1. The summed E-state index contributed by atoms with van der Waals surface area (Å²) >= 11 is 1.19. The Kier molecular flexibility index (Phi) is 5.93. The molecule has 2 heterocycles. The Morgan fingerprint density at radius 2 is 2.04 bits per heavy atom. The third kappa shape index (κ3) is 4.74. The number of carbonyl (C=O) groups excluding carboxylic acids is 1. The maximum absolute atomic E-state index is 13.1. The second-order valence-corrected chi connectivity index (χ2v) is 7.10. The highest BCUT2D eigenvalue weighted by Crippen LogP contribution is 2.36. The maximum Gasteiger partial charge on any atom is 0.416 e. The van der Waals surface area contributed by atoms with Crippen LogP contribution in [0.25, 0.3) is 0 Å².